The van der Waals surface area contributed by atoms with E-state index in [4.69, 9.17) is 9.57 Å². The average molecular weight is 263 g/mol. The second-order valence-corrected chi connectivity index (χ2v) is 6.33. The van der Waals surface area contributed by atoms with Crippen molar-refractivity contribution in [1.29, 1.82) is 0 Å². The van der Waals surface area contributed by atoms with Crippen molar-refractivity contribution in [3.05, 3.63) is 28.8 Å². The molecule has 3 nitrogen and oxygen atoms in total. The fourth-order valence-corrected chi connectivity index (χ4v) is 2.63. The molecule has 0 saturated carbocycles. The molecule has 0 aliphatic carbocycles. The first-order valence-electron chi connectivity index (χ1n) is 6.98. The number of hydrogen-bond acceptors (Lipinski definition) is 3. The minimum atomic E-state index is 0.117. The first kappa shape index (κ1) is 14.4. The maximum Gasteiger partial charge on any atom is 0.127 e. The highest BCUT2D eigenvalue weighted by Crippen LogP contribution is 2.42. The number of benzene rings is 1. The van der Waals surface area contributed by atoms with Crippen molar-refractivity contribution in [3.63, 3.8) is 0 Å². The van der Waals surface area contributed by atoms with E-state index in [1.54, 1.807) is 7.11 Å². The molecule has 0 saturated heterocycles. The number of ether oxygens (including phenoxy) is 1. The second kappa shape index (κ2) is 5.14. The van der Waals surface area contributed by atoms with E-state index >= 15 is 0 Å². The van der Waals surface area contributed by atoms with Crippen LogP contribution in [0.25, 0.3) is 0 Å². The van der Waals surface area contributed by atoms with Gasteiger partial charge in [0.1, 0.15) is 11.9 Å². The first-order chi connectivity index (χ1) is 8.88. The van der Waals surface area contributed by atoms with Gasteiger partial charge in [-0.1, -0.05) is 33.8 Å². The zero-order chi connectivity index (χ0) is 14.2. The summed E-state index contributed by atoms with van der Waals surface area (Å²) in [6.45, 7) is 11.0. The normalized spacial score (nSPS) is 22.2. The summed E-state index contributed by atoms with van der Waals surface area (Å²) < 4.78 is 6.08. The Hall–Kier alpha value is -1.06. The van der Waals surface area contributed by atoms with E-state index in [0.29, 0.717) is 0 Å². The van der Waals surface area contributed by atoms with Crippen LogP contribution in [0.3, 0.4) is 0 Å². The summed E-state index contributed by atoms with van der Waals surface area (Å²) in [5.74, 6) is 1.02. The molecule has 2 atom stereocenters. The summed E-state index contributed by atoms with van der Waals surface area (Å²) in [5, 5.41) is 0. The van der Waals surface area contributed by atoms with Crippen LogP contribution in [0.15, 0.2) is 12.1 Å². The third-order valence-corrected chi connectivity index (χ3v) is 3.79. The third kappa shape index (κ3) is 2.63. The van der Waals surface area contributed by atoms with E-state index in [9.17, 15) is 0 Å². The monoisotopic (exact) mass is 263 g/mol. The van der Waals surface area contributed by atoms with E-state index in [0.717, 1.165) is 12.2 Å². The fourth-order valence-electron chi connectivity index (χ4n) is 2.63. The van der Waals surface area contributed by atoms with Crippen molar-refractivity contribution >= 4 is 0 Å². The Morgan fingerprint density at radius 1 is 1.32 bits per heavy atom. The van der Waals surface area contributed by atoms with Crippen LogP contribution in [0.2, 0.25) is 0 Å². The zero-order valence-electron chi connectivity index (χ0n) is 12.8. The highest BCUT2D eigenvalue weighted by molar-refractivity contribution is 5.50. The molecule has 1 aromatic carbocycles. The van der Waals surface area contributed by atoms with Gasteiger partial charge in [-0.25, -0.2) is 0 Å². The number of hydroxylamine groups is 1. The molecule has 1 aliphatic heterocycles. The lowest BCUT2D eigenvalue weighted by molar-refractivity contribution is 0.0282. The molecule has 2 unspecified atom stereocenters. The summed E-state index contributed by atoms with van der Waals surface area (Å²) in [7, 11) is 1.66. The van der Waals surface area contributed by atoms with Gasteiger partial charge >= 0.3 is 0 Å². The van der Waals surface area contributed by atoms with Crippen LogP contribution in [0.1, 0.15) is 56.8 Å². The smallest absolute Gasteiger partial charge is 0.127 e. The minimum Gasteiger partial charge on any atom is -0.488 e. The van der Waals surface area contributed by atoms with Gasteiger partial charge in [0.2, 0.25) is 0 Å². The Labute approximate surface area is 116 Å². The standard InChI is InChI=1S/C16H25NO2/c1-7-13-14(17-18-6)12-9-11(16(3,4)5)8-10(2)15(12)19-13/h8-9,13-14,17H,7H2,1-6H3. The van der Waals surface area contributed by atoms with Crippen LogP contribution in [0, 0.1) is 6.92 Å². The number of hydrogen-bond donors (Lipinski definition) is 1. The predicted octanol–water partition coefficient (Wildman–Crippen LogP) is 3.66. The molecule has 0 bridgehead atoms. The van der Waals surface area contributed by atoms with Gasteiger partial charge in [-0.2, -0.15) is 5.48 Å². The molecule has 0 spiro atoms. The van der Waals surface area contributed by atoms with Crippen LogP contribution in [0.4, 0.5) is 0 Å². The highest BCUT2D eigenvalue weighted by Gasteiger charge is 2.35. The lowest BCUT2D eigenvalue weighted by Crippen LogP contribution is -2.29. The van der Waals surface area contributed by atoms with Gasteiger partial charge in [0.05, 0.1) is 13.2 Å². The molecule has 3 heteroatoms. The lowest BCUT2D eigenvalue weighted by atomic mass is 9.84. The Morgan fingerprint density at radius 2 is 2.00 bits per heavy atom. The van der Waals surface area contributed by atoms with Crippen LogP contribution in [-0.2, 0) is 10.3 Å². The number of aryl methyl sites for hydroxylation is 1. The van der Waals surface area contributed by atoms with Crippen molar-refractivity contribution in [2.75, 3.05) is 7.11 Å². The van der Waals surface area contributed by atoms with Crippen molar-refractivity contribution in [2.24, 2.45) is 0 Å². The van der Waals surface area contributed by atoms with Gasteiger partial charge in [-0.3, -0.25) is 0 Å². The first-order valence-corrected chi connectivity index (χ1v) is 6.98. The van der Waals surface area contributed by atoms with Gasteiger partial charge in [0.25, 0.3) is 0 Å². The molecule has 0 radical (unpaired) electrons. The minimum absolute atomic E-state index is 0.117. The summed E-state index contributed by atoms with van der Waals surface area (Å²) in [5.41, 5.74) is 6.99. The summed E-state index contributed by atoms with van der Waals surface area (Å²) in [6, 6.07) is 4.61. The Morgan fingerprint density at radius 3 is 2.53 bits per heavy atom. The quantitative estimate of drug-likeness (QED) is 0.844. The maximum absolute atomic E-state index is 6.08. The molecule has 1 heterocycles. The number of fused-ring (bicyclic) bond motifs is 1. The average Bonchev–Trinajstić information content (AvgIpc) is 2.68. The van der Waals surface area contributed by atoms with Gasteiger partial charge in [-0.05, 0) is 36.0 Å². The summed E-state index contributed by atoms with van der Waals surface area (Å²) in [6.07, 6.45) is 1.10. The number of rotatable bonds is 3. The molecule has 0 amide bonds. The molecule has 1 aliphatic rings. The summed E-state index contributed by atoms with van der Waals surface area (Å²) >= 11 is 0. The van der Waals surface area contributed by atoms with Gasteiger partial charge in [-0.15, -0.1) is 0 Å². The Bertz CT molecular complexity index is 463. The van der Waals surface area contributed by atoms with Gasteiger partial charge in [0.15, 0.2) is 0 Å². The SMILES string of the molecule is CCC1Oc2c(C)cc(C(C)(C)C)cc2C1NOC. The topological polar surface area (TPSA) is 30.5 Å². The predicted molar refractivity (Wildman–Crippen MR) is 77.5 cm³/mol. The lowest BCUT2D eigenvalue weighted by Gasteiger charge is -2.22. The molecule has 2 rings (SSSR count). The highest BCUT2D eigenvalue weighted by atomic mass is 16.6. The second-order valence-electron chi connectivity index (χ2n) is 6.33. The van der Waals surface area contributed by atoms with E-state index in [2.05, 4.69) is 52.2 Å². The molecule has 1 N–H and O–H groups in total. The van der Waals surface area contributed by atoms with E-state index in [1.807, 2.05) is 0 Å². The number of nitrogens with one attached hydrogen (secondary N) is 1. The molecule has 0 fully saturated rings. The van der Waals surface area contributed by atoms with E-state index in [1.165, 1.54) is 16.7 Å². The largest absolute Gasteiger partial charge is 0.488 e. The molecular formula is C16H25NO2. The maximum atomic E-state index is 6.08. The van der Waals surface area contributed by atoms with Crippen LogP contribution < -0.4 is 10.2 Å². The van der Waals surface area contributed by atoms with Crippen molar-refractivity contribution in [2.45, 2.75) is 58.6 Å². The Balaban J connectivity index is 2.48. The molecule has 106 valence electrons. The zero-order valence-corrected chi connectivity index (χ0v) is 12.8. The van der Waals surface area contributed by atoms with E-state index < -0.39 is 0 Å². The molecule has 1 aromatic rings. The molecule has 0 aromatic heterocycles. The van der Waals surface area contributed by atoms with E-state index in [-0.39, 0.29) is 17.6 Å². The van der Waals surface area contributed by atoms with Gasteiger partial charge < -0.3 is 9.57 Å². The fraction of sp³-hybridized carbons (Fsp3) is 0.625. The Kier molecular flexibility index (Phi) is 3.88. The molecular weight excluding hydrogens is 238 g/mol. The summed E-state index contributed by atoms with van der Waals surface area (Å²) in [4.78, 5) is 5.15. The molecule has 19 heavy (non-hydrogen) atoms. The third-order valence-electron chi connectivity index (χ3n) is 3.79. The van der Waals surface area contributed by atoms with Gasteiger partial charge in [0, 0.05) is 5.56 Å². The van der Waals surface area contributed by atoms with Crippen LogP contribution in [-0.4, -0.2) is 13.2 Å². The van der Waals surface area contributed by atoms with Crippen LogP contribution in [0.5, 0.6) is 5.75 Å². The van der Waals surface area contributed by atoms with Crippen molar-refractivity contribution in [1.82, 2.24) is 5.48 Å². The van der Waals surface area contributed by atoms with Crippen LogP contribution >= 0.6 is 0 Å². The van der Waals surface area contributed by atoms with Crippen molar-refractivity contribution in [3.8, 4) is 5.75 Å². The van der Waals surface area contributed by atoms with Crippen molar-refractivity contribution < 1.29 is 9.57 Å².